The normalized spacial score (nSPS) is 21.3. The van der Waals surface area contributed by atoms with Crippen LogP contribution in [0.1, 0.15) is 40.2 Å². The molecule has 2 rings (SSSR count). The van der Waals surface area contributed by atoms with E-state index in [1.807, 2.05) is 30.3 Å². The second kappa shape index (κ2) is 8.41. The molecule has 0 radical (unpaired) electrons. The first-order valence-electron chi connectivity index (χ1n) is 9.09. The molecular formula is C20H28N2O5. The molecule has 1 saturated heterocycles. The molecule has 0 unspecified atom stereocenters. The highest BCUT2D eigenvalue weighted by atomic mass is 16.6. The second-order valence-electron chi connectivity index (χ2n) is 7.88. The van der Waals surface area contributed by atoms with Gasteiger partial charge in [0.15, 0.2) is 0 Å². The third kappa shape index (κ3) is 5.70. The lowest BCUT2D eigenvalue weighted by Crippen LogP contribution is -2.67. The van der Waals surface area contributed by atoms with E-state index in [2.05, 4.69) is 10.6 Å². The van der Waals surface area contributed by atoms with Crippen LogP contribution in [0, 0.1) is 11.8 Å². The minimum atomic E-state index is -0.625. The van der Waals surface area contributed by atoms with Gasteiger partial charge in [0.25, 0.3) is 0 Å². The number of hydrogen-bond donors (Lipinski definition) is 2. The molecule has 4 atom stereocenters. The standard InChI is InChI=1S/C20H28N2O5/c1-12(18(24)26-11-14-9-7-6-8-10-14)16-15(17(23)22-16)13(2)21-19(25)27-20(3,4)5/h6-10,12-13,15-16H,11H2,1-5H3,(H,21,25)(H,22,23)/t12-,13-,15-,16-/m1/s1. The van der Waals surface area contributed by atoms with Crippen LogP contribution in [0.5, 0.6) is 0 Å². The third-order valence-corrected chi connectivity index (χ3v) is 4.42. The Bertz CT molecular complexity index is 683. The largest absolute Gasteiger partial charge is 0.461 e. The van der Waals surface area contributed by atoms with Crippen molar-refractivity contribution in [3.8, 4) is 0 Å². The predicted octanol–water partition coefficient (Wildman–Crippen LogP) is 2.39. The zero-order chi connectivity index (χ0) is 20.2. The number of benzene rings is 1. The maximum absolute atomic E-state index is 12.3. The molecule has 0 aromatic heterocycles. The fraction of sp³-hybridized carbons (Fsp3) is 0.550. The van der Waals surface area contributed by atoms with Crippen LogP contribution in [0.4, 0.5) is 4.79 Å². The van der Waals surface area contributed by atoms with Gasteiger partial charge in [-0.2, -0.15) is 0 Å². The van der Waals surface area contributed by atoms with E-state index in [9.17, 15) is 14.4 Å². The van der Waals surface area contributed by atoms with Gasteiger partial charge in [0.05, 0.1) is 17.9 Å². The highest BCUT2D eigenvalue weighted by molar-refractivity contribution is 5.89. The number of ether oxygens (including phenoxy) is 2. The van der Waals surface area contributed by atoms with Crippen LogP contribution in [0.2, 0.25) is 0 Å². The number of alkyl carbamates (subject to hydrolysis) is 1. The molecule has 1 aliphatic heterocycles. The minimum Gasteiger partial charge on any atom is -0.461 e. The molecular weight excluding hydrogens is 348 g/mol. The summed E-state index contributed by atoms with van der Waals surface area (Å²) in [6.45, 7) is 8.91. The van der Waals surface area contributed by atoms with Crippen molar-refractivity contribution in [3.05, 3.63) is 35.9 Å². The Morgan fingerprint density at radius 1 is 1.19 bits per heavy atom. The SMILES string of the molecule is C[C@@H](NC(=O)OC(C)(C)C)[C@H]1C(=O)N[C@@H]1[C@@H](C)C(=O)OCc1ccccc1. The molecule has 1 heterocycles. The zero-order valence-corrected chi connectivity index (χ0v) is 16.4. The van der Waals surface area contributed by atoms with E-state index >= 15 is 0 Å². The van der Waals surface area contributed by atoms with Crippen molar-refractivity contribution in [2.24, 2.45) is 11.8 Å². The van der Waals surface area contributed by atoms with Gasteiger partial charge < -0.3 is 20.1 Å². The maximum Gasteiger partial charge on any atom is 0.407 e. The first-order chi connectivity index (χ1) is 12.6. The summed E-state index contributed by atoms with van der Waals surface area (Å²) in [5.74, 6) is -1.64. The Morgan fingerprint density at radius 3 is 2.37 bits per heavy atom. The van der Waals surface area contributed by atoms with E-state index in [1.54, 1.807) is 34.6 Å². The number of β-lactam (4-membered cyclic amide) rings is 1. The summed E-state index contributed by atoms with van der Waals surface area (Å²) in [4.78, 5) is 36.3. The van der Waals surface area contributed by atoms with Gasteiger partial charge in [-0.05, 0) is 40.2 Å². The quantitative estimate of drug-likeness (QED) is 0.587. The summed E-state index contributed by atoms with van der Waals surface area (Å²) in [5, 5.41) is 5.42. The van der Waals surface area contributed by atoms with E-state index in [4.69, 9.17) is 9.47 Å². The van der Waals surface area contributed by atoms with Crippen molar-refractivity contribution < 1.29 is 23.9 Å². The molecule has 7 heteroatoms. The van der Waals surface area contributed by atoms with E-state index < -0.39 is 41.6 Å². The molecule has 7 nitrogen and oxygen atoms in total. The Labute approximate surface area is 159 Å². The number of carbonyl (C=O) groups excluding carboxylic acids is 3. The monoisotopic (exact) mass is 376 g/mol. The molecule has 148 valence electrons. The van der Waals surface area contributed by atoms with Crippen molar-refractivity contribution in [1.82, 2.24) is 10.6 Å². The van der Waals surface area contributed by atoms with Gasteiger partial charge in [-0.3, -0.25) is 9.59 Å². The van der Waals surface area contributed by atoms with Crippen LogP contribution in [0.3, 0.4) is 0 Å². The number of esters is 1. The van der Waals surface area contributed by atoms with Crippen LogP contribution < -0.4 is 10.6 Å². The van der Waals surface area contributed by atoms with Crippen LogP contribution in [-0.4, -0.2) is 35.7 Å². The number of amides is 2. The molecule has 27 heavy (non-hydrogen) atoms. The van der Waals surface area contributed by atoms with Gasteiger partial charge in [-0.1, -0.05) is 30.3 Å². The Morgan fingerprint density at radius 2 is 1.81 bits per heavy atom. The molecule has 1 aliphatic rings. The average Bonchev–Trinajstić information content (AvgIpc) is 2.55. The minimum absolute atomic E-state index is 0.182. The molecule has 2 N–H and O–H groups in total. The summed E-state index contributed by atoms with van der Waals surface area (Å²) in [6, 6.07) is 8.52. The van der Waals surface area contributed by atoms with Crippen molar-refractivity contribution >= 4 is 18.0 Å². The summed E-state index contributed by atoms with van der Waals surface area (Å²) < 4.78 is 10.6. The maximum atomic E-state index is 12.3. The molecule has 0 aliphatic carbocycles. The number of nitrogens with one attached hydrogen (secondary N) is 2. The van der Waals surface area contributed by atoms with Crippen molar-refractivity contribution in [3.63, 3.8) is 0 Å². The molecule has 0 spiro atoms. The number of carbonyl (C=O) groups is 3. The van der Waals surface area contributed by atoms with E-state index in [-0.39, 0.29) is 12.5 Å². The predicted molar refractivity (Wildman–Crippen MR) is 99.7 cm³/mol. The lowest BCUT2D eigenvalue weighted by Gasteiger charge is -2.42. The summed E-state index contributed by atoms with van der Waals surface area (Å²) in [7, 11) is 0. The number of hydrogen-bond acceptors (Lipinski definition) is 5. The molecule has 2 amide bonds. The van der Waals surface area contributed by atoms with Crippen molar-refractivity contribution in [1.29, 1.82) is 0 Å². The summed E-state index contributed by atoms with van der Waals surface area (Å²) in [6.07, 6.45) is -0.590. The fourth-order valence-corrected chi connectivity index (χ4v) is 2.98. The van der Waals surface area contributed by atoms with Gasteiger partial charge in [-0.25, -0.2) is 4.79 Å². The van der Waals surface area contributed by atoms with Gasteiger partial charge in [-0.15, -0.1) is 0 Å². The van der Waals surface area contributed by atoms with E-state index in [1.165, 1.54) is 0 Å². The van der Waals surface area contributed by atoms with E-state index in [0.29, 0.717) is 0 Å². The highest BCUT2D eigenvalue weighted by Gasteiger charge is 2.48. The van der Waals surface area contributed by atoms with Crippen molar-refractivity contribution in [2.45, 2.75) is 58.9 Å². The van der Waals surface area contributed by atoms with Crippen LogP contribution in [0.25, 0.3) is 0 Å². The summed E-state index contributed by atoms with van der Waals surface area (Å²) in [5.41, 5.74) is 0.270. The third-order valence-electron chi connectivity index (χ3n) is 4.42. The topological polar surface area (TPSA) is 93.7 Å². The lowest BCUT2D eigenvalue weighted by atomic mass is 9.78. The first kappa shape index (κ1) is 20.7. The molecule has 0 saturated carbocycles. The van der Waals surface area contributed by atoms with Crippen molar-refractivity contribution in [2.75, 3.05) is 0 Å². The number of rotatable bonds is 6. The molecule has 1 aromatic rings. The van der Waals surface area contributed by atoms with Gasteiger partial charge in [0.1, 0.15) is 12.2 Å². The molecule has 1 aromatic carbocycles. The second-order valence-corrected chi connectivity index (χ2v) is 7.88. The highest BCUT2D eigenvalue weighted by Crippen LogP contribution is 2.27. The Hall–Kier alpha value is -2.57. The Balaban J connectivity index is 1.90. The Kier molecular flexibility index (Phi) is 6.46. The molecule has 1 fully saturated rings. The van der Waals surface area contributed by atoms with Gasteiger partial charge in [0, 0.05) is 6.04 Å². The zero-order valence-electron chi connectivity index (χ0n) is 16.4. The lowest BCUT2D eigenvalue weighted by molar-refractivity contribution is -0.155. The first-order valence-corrected chi connectivity index (χ1v) is 9.09. The summed E-state index contributed by atoms with van der Waals surface area (Å²) >= 11 is 0. The van der Waals surface area contributed by atoms with Crippen LogP contribution in [-0.2, 0) is 25.7 Å². The van der Waals surface area contributed by atoms with E-state index in [0.717, 1.165) is 5.56 Å². The van der Waals surface area contributed by atoms with Gasteiger partial charge in [0.2, 0.25) is 5.91 Å². The fourth-order valence-electron chi connectivity index (χ4n) is 2.98. The van der Waals surface area contributed by atoms with Crippen LogP contribution >= 0.6 is 0 Å². The van der Waals surface area contributed by atoms with Crippen LogP contribution in [0.15, 0.2) is 30.3 Å². The smallest absolute Gasteiger partial charge is 0.407 e. The van der Waals surface area contributed by atoms with Gasteiger partial charge >= 0.3 is 12.1 Å². The average molecular weight is 376 g/mol. The molecule has 0 bridgehead atoms.